The molecule has 0 aliphatic rings. The van der Waals surface area contributed by atoms with E-state index in [1.165, 1.54) is 6.08 Å². The summed E-state index contributed by atoms with van der Waals surface area (Å²) in [4.78, 5) is 13.2. The summed E-state index contributed by atoms with van der Waals surface area (Å²) >= 11 is 0. The van der Waals surface area contributed by atoms with E-state index in [2.05, 4.69) is 22.9 Å². The van der Waals surface area contributed by atoms with E-state index in [0.717, 1.165) is 40.9 Å². The van der Waals surface area contributed by atoms with Crippen molar-refractivity contribution in [2.75, 3.05) is 32.1 Å². The first-order valence-electron chi connectivity index (χ1n) is 9.56. The lowest BCUT2D eigenvalue weighted by atomic mass is 10.0. The largest absolute Gasteiger partial charge is 0.395 e. The third-order valence-corrected chi connectivity index (χ3v) is 4.65. The highest BCUT2D eigenvalue weighted by atomic mass is 16.5. The summed E-state index contributed by atoms with van der Waals surface area (Å²) in [6, 6.07) is 15.9. The second-order valence-corrected chi connectivity index (χ2v) is 6.70. The summed E-state index contributed by atoms with van der Waals surface area (Å²) in [6.07, 6.45) is 3.70. The normalized spacial score (nSPS) is 11.0. The zero-order valence-electron chi connectivity index (χ0n) is 16.8. The highest BCUT2D eigenvalue weighted by Gasteiger charge is 2.09. The summed E-state index contributed by atoms with van der Waals surface area (Å²) in [5, 5.41) is 21.1. The number of benzene rings is 2. The van der Waals surface area contributed by atoms with Gasteiger partial charge >= 0.3 is 0 Å². The van der Waals surface area contributed by atoms with Gasteiger partial charge in [-0.05, 0) is 35.3 Å². The van der Waals surface area contributed by atoms with Crippen molar-refractivity contribution in [3.05, 3.63) is 77.9 Å². The van der Waals surface area contributed by atoms with Gasteiger partial charge in [0, 0.05) is 44.0 Å². The van der Waals surface area contributed by atoms with Gasteiger partial charge in [-0.2, -0.15) is 0 Å². The van der Waals surface area contributed by atoms with E-state index in [-0.39, 0.29) is 6.61 Å². The molecule has 6 heteroatoms. The van der Waals surface area contributed by atoms with Crippen LogP contribution in [0.1, 0.15) is 23.1 Å². The molecule has 2 rings (SSSR count). The van der Waals surface area contributed by atoms with Crippen LogP contribution in [0.25, 0.3) is 11.6 Å². The number of hydrogen-bond acceptors (Lipinski definition) is 5. The number of nitrogens with zero attached hydrogens (tertiary/aromatic N) is 1. The minimum atomic E-state index is -0.566. The minimum absolute atomic E-state index is 0.0939. The van der Waals surface area contributed by atoms with Crippen LogP contribution in [0.5, 0.6) is 0 Å². The maximum absolute atomic E-state index is 11.0. The predicted molar refractivity (Wildman–Crippen MR) is 117 cm³/mol. The van der Waals surface area contributed by atoms with Crippen LogP contribution in [0, 0.1) is 0 Å². The minimum Gasteiger partial charge on any atom is -0.395 e. The molecule has 4 N–H and O–H groups in total. The summed E-state index contributed by atoms with van der Waals surface area (Å²) in [6.45, 7) is 6.41. The van der Waals surface area contributed by atoms with E-state index >= 15 is 0 Å². The summed E-state index contributed by atoms with van der Waals surface area (Å²) in [5.41, 5.74) is 6.77. The lowest BCUT2D eigenvalue weighted by molar-refractivity contribution is -0.124. The highest BCUT2D eigenvalue weighted by Crippen LogP contribution is 2.25. The van der Waals surface area contributed by atoms with Crippen molar-refractivity contribution in [3.8, 4) is 0 Å². The lowest BCUT2D eigenvalue weighted by Gasteiger charge is -2.22. The van der Waals surface area contributed by atoms with Gasteiger partial charge in [0.25, 0.3) is 5.91 Å². The molecule has 0 fully saturated rings. The number of rotatable bonds is 11. The Labute approximate surface area is 172 Å². The van der Waals surface area contributed by atoms with Crippen molar-refractivity contribution < 1.29 is 15.1 Å². The third-order valence-electron chi connectivity index (χ3n) is 4.65. The molecule has 154 valence electrons. The van der Waals surface area contributed by atoms with Crippen LogP contribution in [0.2, 0.25) is 0 Å². The molecule has 0 aliphatic heterocycles. The Morgan fingerprint density at radius 2 is 1.86 bits per heavy atom. The molecular weight excluding hydrogens is 366 g/mol. The Morgan fingerprint density at radius 3 is 2.52 bits per heavy atom. The Bertz CT molecular complexity index is 832. The Kier molecular flexibility index (Phi) is 9.11. The van der Waals surface area contributed by atoms with Gasteiger partial charge in [-0.25, -0.2) is 5.48 Å². The Morgan fingerprint density at radius 1 is 1.14 bits per heavy atom. The number of aliphatic hydroxyl groups excluding tert-OH is 1. The van der Waals surface area contributed by atoms with Gasteiger partial charge in [-0.3, -0.25) is 14.9 Å². The number of aliphatic hydroxyl groups is 1. The lowest BCUT2D eigenvalue weighted by Crippen LogP contribution is -2.27. The first kappa shape index (κ1) is 22.4. The molecule has 0 radical (unpaired) electrons. The van der Waals surface area contributed by atoms with Crippen molar-refractivity contribution in [3.63, 3.8) is 0 Å². The van der Waals surface area contributed by atoms with Gasteiger partial charge in [-0.1, -0.05) is 49.0 Å². The van der Waals surface area contributed by atoms with Crippen LogP contribution in [0.15, 0.2) is 61.2 Å². The van der Waals surface area contributed by atoms with Crippen molar-refractivity contribution in [2.45, 2.75) is 13.0 Å². The topological polar surface area (TPSA) is 84.8 Å². The first-order valence-corrected chi connectivity index (χ1v) is 9.56. The predicted octanol–water partition coefficient (Wildman–Crippen LogP) is 3.14. The second-order valence-electron chi connectivity index (χ2n) is 6.70. The maximum Gasteiger partial charge on any atom is 0.267 e. The fourth-order valence-electron chi connectivity index (χ4n) is 3.05. The second kappa shape index (κ2) is 11.8. The van der Waals surface area contributed by atoms with Gasteiger partial charge in [0.2, 0.25) is 0 Å². The molecule has 2 aromatic rings. The first-order chi connectivity index (χ1) is 14.1. The fraction of sp³-hybridized carbons (Fsp3) is 0.261. The van der Waals surface area contributed by atoms with Gasteiger partial charge in [0.15, 0.2) is 0 Å². The van der Waals surface area contributed by atoms with Gasteiger partial charge in [0.1, 0.15) is 0 Å². The number of anilines is 1. The molecular formula is C23H29N3O3. The molecule has 0 aromatic heterocycles. The van der Waals surface area contributed by atoms with Crippen molar-refractivity contribution >= 4 is 23.2 Å². The van der Waals surface area contributed by atoms with E-state index in [0.29, 0.717) is 13.1 Å². The van der Waals surface area contributed by atoms with Crippen LogP contribution in [0.3, 0.4) is 0 Å². The highest BCUT2D eigenvalue weighted by molar-refractivity contribution is 5.90. The van der Waals surface area contributed by atoms with Crippen LogP contribution in [-0.2, 0) is 11.3 Å². The number of nitrogens with one attached hydrogen (secondary N) is 2. The SMILES string of the molecule is C=C(CCN(CCO)Cc1ccc(/C=C/C(=O)NO)cc1)c1ccccc1NC. The molecule has 6 nitrogen and oxygen atoms in total. The smallest absolute Gasteiger partial charge is 0.267 e. The standard InChI is InChI=1S/C23H29N3O3/c1-18(21-5-3-4-6-22(21)24-2)13-14-26(15-16-27)17-20-9-7-19(8-10-20)11-12-23(28)25-29/h3-12,24,27,29H,1,13-17H2,2H3,(H,25,28)/b12-11+. The van der Waals surface area contributed by atoms with E-state index in [1.54, 1.807) is 11.6 Å². The maximum atomic E-state index is 11.0. The molecule has 2 aromatic carbocycles. The fourth-order valence-corrected chi connectivity index (χ4v) is 3.05. The van der Waals surface area contributed by atoms with Gasteiger partial charge in [0.05, 0.1) is 6.61 Å². The van der Waals surface area contributed by atoms with E-state index in [9.17, 15) is 9.90 Å². The number of amides is 1. The van der Waals surface area contributed by atoms with Crippen molar-refractivity contribution in [2.24, 2.45) is 0 Å². The van der Waals surface area contributed by atoms with E-state index in [1.807, 2.05) is 49.5 Å². The zero-order valence-corrected chi connectivity index (χ0v) is 16.8. The average molecular weight is 396 g/mol. The van der Waals surface area contributed by atoms with Crippen molar-refractivity contribution in [1.29, 1.82) is 0 Å². The van der Waals surface area contributed by atoms with Crippen molar-refractivity contribution in [1.82, 2.24) is 10.4 Å². The Hall–Kier alpha value is -2.93. The number of carbonyl (C=O) groups is 1. The van der Waals surface area contributed by atoms with Gasteiger partial charge < -0.3 is 10.4 Å². The summed E-state index contributed by atoms with van der Waals surface area (Å²) in [7, 11) is 1.90. The molecule has 1 amide bonds. The summed E-state index contributed by atoms with van der Waals surface area (Å²) in [5.74, 6) is -0.566. The van der Waals surface area contributed by atoms with E-state index < -0.39 is 5.91 Å². The number of hydrogen-bond donors (Lipinski definition) is 4. The molecule has 0 saturated carbocycles. The molecule has 0 bridgehead atoms. The molecule has 0 saturated heterocycles. The molecule has 0 spiro atoms. The van der Waals surface area contributed by atoms with Crippen LogP contribution >= 0.6 is 0 Å². The Balaban J connectivity index is 1.96. The third kappa shape index (κ3) is 7.19. The molecule has 0 atom stereocenters. The average Bonchev–Trinajstić information content (AvgIpc) is 2.76. The molecule has 0 unspecified atom stereocenters. The van der Waals surface area contributed by atoms with Gasteiger partial charge in [-0.15, -0.1) is 0 Å². The van der Waals surface area contributed by atoms with E-state index in [4.69, 9.17) is 5.21 Å². The molecule has 29 heavy (non-hydrogen) atoms. The van der Waals surface area contributed by atoms with Crippen LogP contribution < -0.4 is 10.8 Å². The number of carbonyl (C=O) groups excluding carboxylic acids is 1. The van der Waals surface area contributed by atoms with Crippen LogP contribution in [-0.4, -0.2) is 47.9 Å². The zero-order chi connectivity index (χ0) is 21.1. The molecule has 0 aliphatic carbocycles. The summed E-state index contributed by atoms with van der Waals surface area (Å²) < 4.78 is 0. The quantitative estimate of drug-likeness (QED) is 0.267. The number of hydroxylamine groups is 1. The van der Waals surface area contributed by atoms with Crippen LogP contribution in [0.4, 0.5) is 5.69 Å². The molecule has 0 heterocycles. The monoisotopic (exact) mass is 395 g/mol. The number of para-hydroxylation sites is 1.